The normalized spacial score (nSPS) is 7.69. The van der Waals surface area contributed by atoms with Gasteiger partial charge in [-0.05, 0) is 13.8 Å². The van der Waals surface area contributed by atoms with Gasteiger partial charge in [0.05, 0.1) is 39.9 Å². The van der Waals surface area contributed by atoms with Gasteiger partial charge in [0, 0.05) is 13.3 Å². The molecule has 0 radical (unpaired) electrons. The number of carbonyl (C=O) groups excluding carboxylic acids is 8. The van der Waals surface area contributed by atoms with Crippen LogP contribution in [-0.2, 0) is 38.0 Å². The molecule has 0 spiro atoms. The van der Waals surface area contributed by atoms with Crippen LogP contribution >= 0.6 is 0 Å². The van der Waals surface area contributed by atoms with E-state index in [1.807, 2.05) is 0 Å². The fourth-order valence-corrected chi connectivity index (χ4v) is 1.80. The smallest absolute Gasteiger partial charge is 0.411 e. The van der Waals surface area contributed by atoms with Crippen LogP contribution in [0.1, 0.15) is 93.5 Å². The third-order valence-corrected chi connectivity index (χ3v) is 3.65. The number of alkyl carbamates (subject to hydrolysis) is 6. The van der Waals surface area contributed by atoms with E-state index in [1.54, 1.807) is 20.8 Å². The second-order valence-corrected chi connectivity index (χ2v) is 6.86. The van der Waals surface area contributed by atoms with E-state index in [0.29, 0.717) is 6.42 Å². The van der Waals surface area contributed by atoms with Gasteiger partial charge >= 0.3 is 36.6 Å². The van der Waals surface area contributed by atoms with Gasteiger partial charge in [-0.3, -0.25) is 9.59 Å². The number of nitrogens with one attached hydrogen (secondary N) is 8. The van der Waals surface area contributed by atoms with Crippen molar-refractivity contribution in [1.82, 2.24) is 42.5 Å². The van der Waals surface area contributed by atoms with Crippen LogP contribution in [0.2, 0.25) is 0 Å². The van der Waals surface area contributed by atoms with E-state index < -0.39 is 50.1 Å². The third-order valence-electron chi connectivity index (χ3n) is 3.65. The molecule has 0 aromatic carbocycles. The molecule has 8 amide bonds. The first-order chi connectivity index (χ1) is 20.4. The summed E-state index contributed by atoms with van der Waals surface area (Å²) in [5.41, 5.74) is 0. The lowest BCUT2D eigenvalue weighted by Gasteiger charge is -2.09. The zero-order valence-corrected chi connectivity index (χ0v) is 24.1. The minimum absolute atomic E-state index is 0. The summed E-state index contributed by atoms with van der Waals surface area (Å²) in [4.78, 5) is 87.4. The highest BCUT2D eigenvalue weighted by molar-refractivity contribution is 5.76. The van der Waals surface area contributed by atoms with Crippen LogP contribution in [0, 0.1) is 0 Å². The molecule has 51 heavy (non-hydrogen) atoms. The Labute approximate surface area is 304 Å². The van der Waals surface area contributed by atoms with Gasteiger partial charge in [0.25, 0.3) is 0 Å². The van der Waals surface area contributed by atoms with Gasteiger partial charge < -0.3 is 71.0 Å². The van der Waals surface area contributed by atoms with E-state index in [4.69, 9.17) is 0 Å². The maximum Gasteiger partial charge on any atom is 0.411 e. The average molecular weight is 755 g/mol. The first-order valence-corrected chi connectivity index (χ1v) is 12.4. The SMILES string of the molecule is C.C.C.C.C.C.C.C.CCOC(=O)NCNC(=O)OCOC(=O)NCNC(=O)CC.CCOC(=O)NCNC(=O)OCOC(=O)NCNC(C)=O. The van der Waals surface area contributed by atoms with Gasteiger partial charge in [-0.25, -0.2) is 28.8 Å². The molecule has 0 fully saturated rings. The topological polar surface area (TPSA) is 288 Å². The molecule has 0 aliphatic carbocycles. The maximum absolute atomic E-state index is 11.1. The van der Waals surface area contributed by atoms with Crippen LogP contribution in [0.4, 0.5) is 28.8 Å². The molecule has 0 bridgehead atoms. The fraction of sp³-hybridized carbons (Fsp3) is 0.724. The van der Waals surface area contributed by atoms with Crippen molar-refractivity contribution in [1.29, 1.82) is 0 Å². The van der Waals surface area contributed by atoms with E-state index in [9.17, 15) is 38.4 Å². The molecular formula is C29H70N8O14. The van der Waals surface area contributed by atoms with Crippen molar-refractivity contribution in [2.45, 2.75) is 93.5 Å². The van der Waals surface area contributed by atoms with Crippen molar-refractivity contribution in [2.75, 3.05) is 53.5 Å². The second kappa shape index (κ2) is 49.0. The summed E-state index contributed by atoms with van der Waals surface area (Å²) >= 11 is 0. The van der Waals surface area contributed by atoms with Gasteiger partial charge in [-0.1, -0.05) is 66.3 Å². The van der Waals surface area contributed by atoms with Gasteiger partial charge in [0.2, 0.25) is 25.4 Å². The lowest BCUT2D eigenvalue weighted by molar-refractivity contribution is -0.121. The minimum atomic E-state index is -0.901. The Morgan fingerprint density at radius 3 is 0.843 bits per heavy atom. The minimum Gasteiger partial charge on any atom is -0.450 e. The molecule has 0 heterocycles. The lowest BCUT2D eigenvalue weighted by atomic mass is 10.5. The van der Waals surface area contributed by atoms with E-state index in [1.165, 1.54) is 6.92 Å². The maximum atomic E-state index is 11.1. The molecule has 22 nitrogen and oxygen atoms in total. The summed E-state index contributed by atoms with van der Waals surface area (Å²) in [5, 5.41) is 17.9. The Balaban J connectivity index is -0.0000000713. The molecule has 0 atom stereocenters. The average Bonchev–Trinajstić information content (AvgIpc) is 2.93. The van der Waals surface area contributed by atoms with Crippen molar-refractivity contribution in [3.63, 3.8) is 0 Å². The summed E-state index contributed by atoms with van der Waals surface area (Å²) < 4.78 is 27.0. The zero-order valence-electron chi connectivity index (χ0n) is 24.1. The molecule has 0 unspecified atom stereocenters. The largest absolute Gasteiger partial charge is 0.450 e. The molecule has 0 saturated heterocycles. The molecule has 0 aliphatic rings. The number of hydrogen-bond donors (Lipinski definition) is 8. The Hall–Kier alpha value is -5.44. The number of rotatable bonds is 15. The Bertz CT molecular complexity index is 912. The van der Waals surface area contributed by atoms with Crippen LogP contribution in [0.5, 0.6) is 0 Å². The predicted octanol–water partition coefficient (Wildman–Crippen LogP) is 3.87. The summed E-state index contributed by atoms with van der Waals surface area (Å²) in [7, 11) is 0. The monoisotopic (exact) mass is 755 g/mol. The molecule has 8 N–H and O–H groups in total. The number of hydrogen-bond acceptors (Lipinski definition) is 14. The fourth-order valence-electron chi connectivity index (χ4n) is 1.80. The van der Waals surface area contributed by atoms with Gasteiger partial charge in [0.1, 0.15) is 0 Å². The van der Waals surface area contributed by atoms with Crippen molar-refractivity contribution in [3.8, 4) is 0 Å². The summed E-state index contributed by atoms with van der Waals surface area (Å²) in [6, 6.07) is 0. The van der Waals surface area contributed by atoms with Crippen LogP contribution < -0.4 is 42.5 Å². The highest BCUT2D eigenvalue weighted by Gasteiger charge is 2.08. The van der Waals surface area contributed by atoms with Crippen molar-refractivity contribution >= 4 is 48.4 Å². The van der Waals surface area contributed by atoms with E-state index >= 15 is 0 Å². The highest BCUT2D eigenvalue weighted by atomic mass is 16.7. The third kappa shape index (κ3) is 54.3. The first kappa shape index (κ1) is 71.5. The molecule has 0 rings (SSSR count). The van der Waals surface area contributed by atoms with Crippen molar-refractivity contribution in [3.05, 3.63) is 0 Å². The molecule has 0 aliphatic heterocycles. The molecule has 0 aromatic rings. The highest BCUT2D eigenvalue weighted by Crippen LogP contribution is 1.84. The van der Waals surface area contributed by atoms with Crippen LogP contribution in [0.3, 0.4) is 0 Å². The lowest BCUT2D eigenvalue weighted by Crippen LogP contribution is -2.39. The van der Waals surface area contributed by atoms with Crippen LogP contribution in [-0.4, -0.2) is 102 Å². The molecule has 310 valence electrons. The van der Waals surface area contributed by atoms with Crippen molar-refractivity contribution in [2.24, 2.45) is 0 Å². The quantitative estimate of drug-likeness (QED) is 0.0870. The van der Waals surface area contributed by atoms with Gasteiger partial charge in [-0.15, -0.1) is 0 Å². The Morgan fingerprint density at radius 1 is 0.373 bits per heavy atom. The van der Waals surface area contributed by atoms with E-state index in [2.05, 4.69) is 71.0 Å². The molecule has 22 heteroatoms. The predicted molar refractivity (Wildman–Crippen MR) is 194 cm³/mol. The van der Waals surface area contributed by atoms with E-state index in [0.717, 1.165) is 0 Å². The Morgan fingerprint density at radius 2 is 0.608 bits per heavy atom. The first-order valence-electron chi connectivity index (χ1n) is 12.4. The second-order valence-electron chi connectivity index (χ2n) is 6.86. The van der Waals surface area contributed by atoms with Gasteiger partial charge in [0.15, 0.2) is 0 Å². The number of ether oxygens (including phenoxy) is 6. The number of carbonyl (C=O) groups is 8. The number of amides is 8. The molecule has 0 aromatic heterocycles. The van der Waals surface area contributed by atoms with Crippen LogP contribution in [0.25, 0.3) is 0 Å². The van der Waals surface area contributed by atoms with Crippen LogP contribution in [0.15, 0.2) is 0 Å². The zero-order chi connectivity index (χ0) is 32.9. The molecular weight excluding hydrogens is 684 g/mol. The van der Waals surface area contributed by atoms with E-state index in [-0.39, 0.29) is 111 Å². The standard InChI is InChI=1S/C11H20N4O7.C10H18N4O7.8CH4/c1-3-8(16)12-5-13-10(18)21-7-22-11(19)15-6-14-9(17)20-4-2;1-3-19-8(16)13-5-14-10(18)21-6-20-9(17)12-4-11-7(2)15;;;;;;;;/h3-7H2,1-2H3,(H,12,16)(H,13,18)(H,14,17)(H,15,19);3-6H2,1-2H3,(H,11,15)(H,12,17)(H,13,16)(H,14,18);8*1H4. The summed E-state index contributed by atoms with van der Waals surface area (Å²) in [5.74, 6) is -0.551. The Kier molecular flexibility index (Phi) is 68.7. The summed E-state index contributed by atoms with van der Waals surface area (Å²) in [6.07, 6.45) is -4.63. The summed E-state index contributed by atoms with van der Waals surface area (Å²) in [6.45, 7) is 4.77. The molecule has 0 saturated carbocycles. The van der Waals surface area contributed by atoms with Gasteiger partial charge in [-0.2, -0.15) is 0 Å². The van der Waals surface area contributed by atoms with Crippen molar-refractivity contribution < 1.29 is 66.8 Å².